The van der Waals surface area contributed by atoms with Crippen molar-refractivity contribution in [3.8, 4) is 10.6 Å². The largest absolute Gasteiger partial charge is 0.399 e. The molecule has 3 rings (SSSR count). The third-order valence-corrected chi connectivity index (χ3v) is 4.17. The number of nitrogens with two attached hydrogens (primary N) is 1. The van der Waals surface area contributed by atoms with E-state index >= 15 is 0 Å². The molecule has 0 fully saturated rings. The van der Waals surface area contributed by atoms with Gasteiger partial charge in [-0.25, -0.2) is 4.98 Å². The lowest BCUT2D eigenvalue weighted by atomic mass is 10.2. The Hall–Kier alpha value is -1.14. The van der Waals surface area contributed by atoms with Crippen molar-refractivity contribution in [2.24, 2.45) is 0 Å². The lowest BCUT2D eigenvalue weighted by Crippen LogP contribution is -1.87. The molecule has 2 N–H and O–H groups in total. The van der Waals surface area contributed by atoms with Gasteiger partial charge in [-0.05, 0) is 52.9 Å². The SMILES string of the molecule is Nc1cc(I)cc(-c2nc3ccccc3s2)c1. The molecule has 2 aromatic carbocycles. The summed E-state index contributed by atoms with van der Waals surface area (Å²) in [6.07, 6.45) is 0. The standard InChI is InChI=1S/C13H9IN2S/c14-9-5-8(6-10(15)7-9)13-16-11-3-1-2-4-12(11)17-13/h1-7H,15H2. The Morgan fingerprint density at radius 3 is 2.71 bits per heavy atom. The van der Waals surface area contributed by atoms with Crippen LogP contribution >= 0.6 is 33.9 Å². The molecule has 1 aromatic heterocycles. The normalized spacial score (nSPS) is 10.9. The van der Waals surface area contributed by atoms with Crippen molar-refractivity contribution in [1.29, 1.82) is 0 Å². The monoisotopic (exact) mass is 352 g/mol. The smallest absolute Gasteiger partial charge is 0.124 e. The van der Waals surface area contributed by atoms with Gasteiger partial charge >= 0.3 is 0 Å². The van der Waals surface area contributed by atoms with Gasteiger partial charge in [-0.2, -0.15) is 0 Å². The minimum absolute atomic E-state index is 0.783. The van der Waals surface area contributed by atoms with Crippen molar-refractivity contribution in [2.45, 2.75) is 0 Å². The van der Waals surface area contributed by atoms with E-state index in [2.05, 4.69) is 39.7 Å². The number of para-hydroxylation sites is 1. The van der Waals surface area contributed by atoms with Crippen molar-refractivity contribution in [3.63, 3.8) is 0 Å². The molecule has 0 spiro atoms. The minimum Gasteiger partial charge on any atom is -0.399 e. The van der Waals surface area contributed by atoms with Crippen LogP contribution in [0.1, 0.15) is 0 Å². The van der Waals surface area contributed by atoms with Crippen molar-refractivity contribution < 1.29 is 0 Å². The molecule has 0 radical (unpaired) electrons. The van der Waals surface area contributed by atoms with Crippen LogP contribution in [-0.2, 0) is 0 Å². The molecule has 4 heteroatoms. The quantitative estimate of drug-likeness (QED) is 0.528. The highest BCUT2D eigenvalue weighted by Crippen LogP contribution is 2.31. The molecule has 2 nitrogen and oxygen atoms in total. The van der Waals surface area contributed by atoms with E-state index in [0.717, 1.165) is 25.3 Å². The van der Waals surface area contributed by atoms with E-state index in [9.17, 15) is 0 Å². The number of hydrogen-bond donors (Lipinski definition) is 1. The van der Waals surface area contributed by atoms with E-state index in [1.54, 1.807) is 11.3 Å². The first-order valence-electron chi connectivity index (χ1n) is 5.14. The zero-order valence-corrected chi connectivity index (χ0v) is 11.8. The second-order valence-corrected chi connectivity index (χ2v) is 6.04. The zero-order chi connectivity index (χ0) is 11.8. The Labute approximate surface area is 117 Å². The Morgan fingerprint density at radius 1 is 1.12 bits per heavy atom. The van der Waals surface area contributed by atoms with Gasteiger partial charge in [-0.3, -0.25) is 0 Å². The van der Waals surface area contributed by atoms with Crippen LogP contribution < -0.4 is 5.73 Å². The molecule has 0 saturated carbocycles. The molecule has 17 heavy (non-hydrogen) atoms. The number of fused-ring (bicyclic) bond motifs is 1. The van der Waals surface area contributed by atoms with E-state index in [4.69, 9.17) is 5.73 Å². The molecule has 0 aliphatic carbocycles. The zero-order valence-electron chi connectivity index (χ0n) is 8.85. The molecular weight excluding hydrogens is 343 g/mol. The summed E-state index contributed by atoms with van der Waals surface area (Å²) >= 11 is 3.97. The van der Waals surface area contributed by atoms with Crippen molar-refractivity contribution in [3.05, 3.63) is 46.0 Å². The first kappa shape index (κ1) is 11.0. The molecule has 3 aromatic rings. The molecule has 0 amide bonds. The van der Waals surface area contributed by atoms with E-state index < -0.39 is 0 Å². The maximum atomic E-state index is 5.86. The van der Waals surface area contributed by atoms with Crippen LogP contribution in [0.2, 0.25) is 0 Å². The van der Waals surface area contributed by atoms with Crippen LogP contribution in [0.3, 0.4) is 0 Å². The summed E-state index contributed by atoms with van der Waals surface area (Å²) in [4.78, 5) is 4.62. The molecule has 0 bridgehead atoms. The van der Waals surface area contributed by atoms with E-state index in [-0.39, 0.29) is 0 Å². The summed E-state index contributed by atoms with van der Waals surface area (Å²) in [5.41, 5.74) is 8.79. The molecule has 84 valence electrons. The van der Waals surface area contributed by atoms with E-state index in [0.29, 0.717) is 0 Å². The number of nitrogens with zero attached hydrogens (tertiary/aromatic N) is 1. The predicted octanol–water partition coefficient (Wildman–Crippen LogP) is 4.15. The maximum absolute atomic E-state index is 5.86. The minimum atomic E-state index is 0.783. The summed E-state index contributed by atoms with van der Waals surface area (Å²) in [7, 11) is 0. The fourth-order valence-electron chi connectivity index (χ4n) is 1.73. The van der Waals surface area contributed by atoms with Crippen LogP contribution in [0.15, 0.2) is 42.5 Å². The third kappa shape index (κ3) is 2.14. The Balaban J connectivity index is 2.20. The number of benzene rings is 2. The lowest BCUT2D eigenvalue weighted by molar-refractivity contribution is 1.47. The summed E-state index contributed by atoms with van der Waals surface area (Å²) in [6.45, 7) is 0. The number of aromatic nitrogens is 1. The average molecular weight is 352 g/mol. The molecule has 0 saturated heterocycles. The highest BCUT2D eigenvalue weighted by molar-refractivity contribution is 14.1. The summed E-state index contributed by atoms with van der Waals surface area (Å²) in [6, 6.07) is 14.2. The number of halogens is 1. The molecule has 0 aliphatic heterocycles. The molecule has 0 unspecified atom stereocenters. The van der Waals surface area contributed by atoms with Crippen LogP contribution in [0, 0.1) is 3.57 Å². The third-order valence-electron chi connectivity index (χ3n) is 2.46. The first-order valence-corrected chi connectivity index (χ1v) is 7.04. The van der Waals surface area contributed by atoms with Gasteiger partial charge in [0.05, 0.1) is 10.2 Å². The number of rotatable bonds is 1. The number of nitrogen functional groups attached to an aromatic ring is 1. The van der Waals surface area contributed by atoms with Gasteiger partial charge in [0.2, 0.25) is 0 Å². The van der Waals surface area contributed by atoms with Gasteiger partial charge in [-0.15, -0.1) is 11.3 Å². The molecule has 1 heterocycles. The van der Waals surface area contributed by atoms with Crippen LogP contribution in [-0.4, -0.2) is 4.98 Å². The second-order valence-electron chi connectivity index (χ2n) is 3.76. The van der Waals surface area contributed by atoms with E-state index in [1.165, 1.54) is 4.70 Å². The Morgan fingerprint density at radius 2 is 1.94 bits per heavy atom. The van der Waals surface area contributed by atoms with Crippen LogP contribution in [0.4, 0.5) is 5.69 Å². The maximum Gasteiger partial charge on any atom is 0.124 e. The molecule has 0 atom stereocenters. The van der Waals surface area contributed by atoms with Crippen molar-refractivity contribution in [2.75, 3.05) is 5.73 Å². The Kier molecular flexibility index (Phi) is 2.76. The number of hydrogen-bond acceptors (Lipinski definition) is 3. The highest BCUT2D eigenvalue weighted by atomic mass is 127. The van der Waals surface area contributed by atoms with E-state index in [1.807, 2.05) is 30.3 Å². The van der Waals surface area contributed by atoms with Crippen molar-refractivity contribution >= 4 is 49.8 Å². The predicted molar refractivity (Wildman–Crippen MR) is 82.2 cm³/mol. The topological polar surface area (TPSA) is 38.9 Å². The van der Waals surface area contributed by atoms with Crippen molar-refractivity contribution in [1.82, 2.24) is 4.98 Å². The van der Waals surface area contributed by atoms with Gasteiger partial charge in [0.25, 0.3) is 0 Å². The fourth-order valence-corrected chi connectivity index (χ4v) is 3.38. The van der Waals surface area contributed by atoms with Gasteiger partial charge in [0, 0.05) is 14.8 Å². The van der Waals surface area contributed by atoms with Gasteiger partial charge in [0.1, 0.15) is 5.01 Å². The summed E-state index contributed by atoms with van der Waals surface area (Å²) < 4.78 is 2.34. The number of thiazole rings is 1. The summed E-state index contributed by atoms with van der Waals surface area (Å²) in [5, 5.41) is 1.02. The van der Waals surface area contributed by atoms with Gasteiger partial charge in [-0.1, -0.05) is 12.1 Å². The molecular formula is C13H9IN2S. The van der Waals surface area contributed by atoms with Crippen LogP contribution in [0.25, 0.3) is 20.8 Å². The van der Waals surface area contributed by atoms with Gasteiger partial charge < -0.3 is 5.73 Å². The van der Waals surface area contributed by atoms with Crippen LogP contribution in [0.5, 0.6) is 0 Å². The fraction of sp³-hybridized carbons (Fsp3) is 0. The number of anilines is 1. The second kappa shape index (κ2) is 4.27. The first-order chi connectivity index (χ1) is 8.22. The molecule has 0 aliphatic rings. The average Bonchev–Trinajstić information content (AvgIpc) is 2.71. The van der Waals surface area contributed by atoms with Gasteiger partial charge in [0.15, 0.2) is 0 Å². The lowest BCUT2D eigenvalue weighted by Gasteiger charge is -1.99. The highest BCUT2D eigenvalue weighted by Gasteiger charge is 2.06. The Bertz CT molecular complexity index is 637. The summed E-state index contributed by atoms with van der Waals surface area (Å²) in [5.74, 6) is 0.